The molecular formula is C21H20F2N2O2S. The van der Waals surface area contributed by atoms with Gasteiger partial charge >= 0.3 is 0 Å². The number of methoxy groups -OCH3 is 1. The first-order chi connectivity index (χ1) is 13.5. The largest absolute Gasteiger partial charge is 0.497 e. The lowest BCUT2D eigenvalue weighted by atomic mass is 10.1. The number of hydrogen-bond donors (Lipinski definition) is 1. The highest BCUT2D eigenvalue weighted by molar-refractivity contribution is 8.01. The summed E-state index contributed by atoms with van der Waals surface area (Å²) in [6.45, 7) is 1.84. The van der Waals surface area contributed by atoms with Gasteiger partial charge in [0.05, 0.1) is 31.0 Å². The third kappa shape index (κ3) is 4.55. The Morgan fingerprint density at radius 2 is 1.50 bits per heavy atom. The van der Waals surface area contributed by atoms with Crippen molar-refractivity contribution in [1.29, 1.82) is 0 Å². The van der Waals surface area contributed by atoms with Crippen molar-refractivity contribution < 1.29 is 18.7 Å². The van der Waals surface area contributed by atoms with Crippen molar-refractivity contribution >= 4 is 23.5 Å². The second-order valence-corrected chi connectivity index (χ2v) is 6.95. The molecule has 0 amide bonds. The van der Waals surface area contributed by atoms with E-state index < -0.39 is 11.9 Å². The van der Waals surface area contributed by atoms with Crippen molar-refractivity contribution in [3.05, 3.63) is 90.0 Å². The number of nitrogens with zero attached hydrogens (tertiary/aromatic N) is 2. The second kappa shape index (κ2) is 8.95. The molecule has 0 aromatic heterocycles. The van der Waals surface area contributed by atoms with Crippen LogP contribution in [0.2, 0.25) is 0 Å². The van der Waals surface area contributed by atoms with Crippen LogP contribution in [0.15, 0.2) is 72.8 Å². The van der Waals surface area contributed by atoms with Gasteiger partial charge in [0, 0.05) is 11.3 Å². The Bertz CT molecular complexity index is 907. The maximum absolute atomic E-state index is 14.4. The topological polar surface area (TPSA) is 35.9 Å². The van der Waals surface area contributed by atoms with Gasteiger partial charge in [0.2, 0.25) is 0 Å². The highest BCUT2D eigenvalue weighted by atomic mass is 32.2. The molecule has 3 aromatic carbocycles. The summed E-state index contributed by atoms with van der Waals surface area (Å²) in [6, 6.07) is 18.8. The molecule has 146 valence electrons. The summed E-state index contributed by atoms with van der Waals surface area (Å²) in [5.41, 5.74) is 1.62. The minimum atomic E-state index is -0.408. The van der Waals surface area contributed by atoms with Gasteiger partial charge in [-0.3, -0.25) is 9.51 Å². The molecule has 0 radical (unpaired) electrons. The number of hydrogen-bond acceptors (Lipinski definition) is 5. The van der Waals surface area contributed by atoms with Crippen molar-refractivity contribution in [2.45, 2.75) is 13.0 Å². The number of benzene rings is 3. The molecular weight excluding hydrogens is 382 g/mol. The van der Waals surface area contributed by atoms with Crippen molar-refractivity contribution in [1.82, 2.24) is 0 Å². The Morgan fingerprint density at radius 3 is 2.11 bits per heavy atom. The van der Waals surface area contributed by atoms with Gasteiger partial charge in [0.1, 0.15) is 17.4 Å². The Kier molecular flexibility index (Phi) is 6.38. The summed E-state index contributed by atoms with van der Waals surface area (Å²) in [6.07, 6.45) is 0. The lowest BCUT2D eigenvalue weighted by Gasteiger charge is -2.32. The molecule has 0 fully saturated rings. The fraction of sp³-hybridized carbons (Fsp3) is 0.143. The van der Waals surface area contributed by atoms with Gasteiger partial charge in [-0.1, -0.05) is 18.2 Å². The number of anilines is 2. The Hall–Kier alpha value is -2.77. The minimum absolute atomic E-state index is 0.333. The van der Waals surface area contributed by atoms with Crippen LogP contribution in [0.25, 0.3) is 0 Å². The van der Waals surface area contributed by atoms with Crippen LogP contribution in [0.3, 0.4) is 0 Å². The lowest BCUT2D eigenvalue weighted by molar-refractivity contribution is 0.331. The summed E-state index contributed by atoms with van der Waals surface area (Å²) < 4.78 is 35.4. The number of ether oxygens (including phenoxy) is 1. The summed E-state index contributed by atoms with van der Waals surface area (Å²) in [7, 11) is 1.58. The van der Waals surface area contributed by atoms with E-state index in [1.807, 2.05) is 19.1 Å². The molecule has 0 bridgehead atoms. The van der Waals surface area contributed by atoms with Crippen LogP contribution in [0.4, 0.5) is 20.2 Å². The Morgan fingerprint density at radius 1 is 0.893 bits per heavy atom. The molecule has 3 aromatic rings. The maximum atomic E-state index is 14.4. The first-order valence-electron chi connectivity index (χ1n) is 8.60. The van der Waals surface area contributed by atoms with E-state index in [-0.39, 0.29) is 5.82 Å². The molecule has 1 unspecified atom stereocenters. The Labute approximate surface area is 167 Å². The molecule has 7 heteroatoms. The van der Waals surface area contributed by atoms with Crippen LogP contribution in [-0.2, 0) is 0 Å². The molecule has 4 nitrogen and oxygen atoms in total. The van der Waals surface area contributed by atoms with E-state index in [0.29, 0.717) is 17.0 Å². The zero-order valence-electron chi connectivity index (χ0n) is 15.4. The van der Waals surface area contributed by atoms with Crippen molar-refractivity contribution in [2.75, 3.05) is 15.9 Å². The van der Waals surface area contributed by atoms with Gasteiger partial charge in [0.25, 0.3) is 0 Å². The summed E-state index contributed by atoms with van der Waals surface area (Å²) >= 11 is 0.974. The van der Waals surface area contributed by atoms with Crippen LogP contribution >= 0.6 is 12.1 Å². The van der Waals surface area contributed by atoms with Gasteiger partial charge in [-0.15, -0.1) is 0 Å². The molecule has 0 aliphatic heterocycles. The van der Waals surface area contributed by atoms with Crippen molar-refractivity contribution in [3.63, 3.8) is 0 Å². The molecule has 0 saturated heterocycles. The summed E-state index contributed by atoms with van der Waals surface area (Å²) in [5.74, 6) is -0.0408. The molecule has 1 N–H and O–H groups in total. The first-order valence-corrected chi connectivity index (χ1v) is 9.33. The standard InChI is InChI=1S/C21H20F2N2O2S/c1-15(20-5-3-4-6-21(20)23)24(17-11-13-19(27-2)14-12-17)28-25(26)18-9-7-16(22)8-10-18/h3-15,26H,1-2H3. The molecule has 0 aliphatic carbocycles. The maximum Gasteiger partial charge on any atom is 0.128 e. The SMILES string of the molecule is COc1ccc(N(SN(O)c2ccc(F)cc2)C(C)c2ccccc2F)cc1. The highest BCUT2D eigenvalue weighted by Gasteiger charge is 2.23. The molecule has 28 heavy (non-hydrogen) atoms. The molecule has 0 saturated carbocycles. The first kappa shape index (κ1) is 20.0. The molecule has 1 atom stereocenters. The third-order valence-electron chi connectivity index (χ3n) is 4.25. The van der Waals surface area contributed by atoms with E-state index in [2.05, 4.69) is 0 Å². The summed E-state index contributed by atoms with van der Waals surface area (Å²) in [4.78, 5) is 0. The van der Waals surface area contributed by atoms with Crippen LogP contribution in [-0.4, -0.2) is 12.3 Å². The second-order valence-electron chi connectivity index (χ2n) is 6.05. The van der Waals surface area contributed by atoms with E-state index in [1.54, 1.807) is 41.7 Å². The predicted octanol–water partition coefficient (Wildman–Crippen LogP) is 6.00. The average Bonchev–Trinajstić information content (AvgIpc) is 2.72. The fourth-order valence-electron chi connectivity index (χ4n) is 2.71. The van der Waals surface area contributed by atoms with E-state index in [4.69, 9.17) is 4.74 Å². The molecule has 3 rings (SSSR count). The van der Waals surface area contributed by atoms with Gasteiger partial charge in [0.15, 0.2) is 0 Å². The third-order valence-corrected chi connectivity index (χ3v) is 5.32. The van der Waals surface area contributed by atoms with Gasteiger partial charge in [-0.05, 0) is 61.5 Å². The number of rotatable bonds is 7. The fourth-order valence-corrected chi connectivity index (χ4v) is 3.56. The number of halogens is 2. The minimum Gasteiger partial charge on any atom is -0.497 e. The van der Waals surface area contributed by atoms with E-state index in [1.165, 1.54) is 30.3 Å². The molecule has 0 spiro atoms. The van der Waals surface area contributed by atoms with Crippen molar-refractivity contribution in [2.24, 2.45) is 0 Å². The zero-order valence-corrected chi connectivity index (χ0v) is 16.2. The normalized spacial score (nSPS) is 11.8. The molecule has 0 aliphatic rings. The smallest absolute Gasteiger partial charge is 0.128 e. The van der Waals surface area contributed by atoms with Crippen LogP contribution in [0, 0.1) is 11.6 Å². The zero-order chi connectivity index (χ0) is 20.1. The van der Waals surface area contributed by atoms with Crippen LogP contribution in [0.1, 0.15) is 18.5 Å². The predicted molar refractivity (Wildman–Crippen MR) is 109 cm³/mol. The average molecular weight is 402 g/mol. The van der Waals surface area contributed by atoms with Gasteiger partial charge in [-0.25, -0.2) is 8.78 Å². The van der Waals surface area contributed by atoms with Gasteiger partial charge in [-0.2, -0.15) is 4.47 Å². The highest BCUT2D eigenvalue weighted by Crippen LogP contribution is 2.37. The van der Waals surface area contributed by atoms with E-state index in [0.717, 1.165) is 22.3 Å². The lowest BCUT2D eigenvalue weighted by Crippen LogP contribution is -2.26. The monoisotopic (exact) mass is 402 g/mol. The van der Waals surface area contributed by atoms with Crippen molar-refractivity contribution in [3.8, 4) is 5.75 Å². The van der Waals surface area contributed by atoms with Crippen LogP contribution in [0.5, 0.6) is 5.75 Å². The van der Waals surface area contributed by atoms with E-state index in [9.17, 15) is 14.0 Å². The quantitative estimate of drug-likeness (QED) is 0.387. The Balaban J connectivity index is 1.93. The van der Waals surface area contributed by atoms with E-state index >= 15 is 0 Å². The van der Waals surface area contributed by atoms with Gasteiger partial charge < -0.3 is 4.74 Å². The summed E-state index contributed by atoms with van der Waals surface area (Å²) in [5, 5.41) is 10.5. The van der Waals surface area contributed by atoms with Crippen LogP contribution < -0.4 is 13.5 Å². The molecule has 0 heterocycles.